The monoisotopic (exact) mass is 451 g/mol. The molecular weight excluding hydrogens is 422 g/mol. The zero-order chi connectivity index (χ0) is 23.4. The molecule has 1 saturated heterocycles. The Kier molecular flexibility index (Phi) is 6.82. The number of ether oxygens (including phenoxy) is 2. The SMILES string of the molecule is Cc1nn(CCC#N)c(C)c1CCC(=O)N1CCC(C(=O)Nc2ccc3c(c2)OCO3)CC1. The molecule has 1 aromatic carbocycles. The average Bonchev–Trinajstić information content (AvgIpc) is 3.39. The van der Waals surface area contributed by atoms with Gasteiger partial charge in [-0.2, -0.15) is 10.4 Å². The van der Waals surface area contributed by atoms with Gasteiger partial charge in [0.2, 0.25) is 18.6 Å². The topological polar surface area (TPSA) is 109 Å². The Hall–Kier alpha value is -3.54. The van der Waals surface area contributed by atoms with Crippen LogP contribution in [0.25, 0.3) is 0 Å². The van der Waals surface area contributed by atoms with Crippen molar-refractivity contribution in [3.8, 4) is 17.6 Å². The molecule has 2 aromatic rings. The van der Waals surface area contributed by atoms with Gasteiger partial charge in [0.25, 0.3) is 0 Å². The molecular formula is C24H29N5O4. The van der Waals surface area contributed by atoms with Gasteiger partial charge in [0.05, 0.1) is 24.7 Å². The van der Waals surface area contributed by atoms with Gasteiger partial charge in [0, 0.05) is 42.9 Å². The fourth-order valence-corrected chi connectivity index (χ4v) is 4.47. The number of benzene rings is 1. The van der Waals surface area contributed by atoms with Crippen molar-refractivity contribution < 1.29 is 19.1 Å². The summed E-state index contributed by atoms with van der Waals surface area (Å²) in [7, 11) is 0. The zero-order valence-corrected chi connectivity index (χ0v) is 19.1. The summed E-state index contributed by atoms with van der Waals surface area (Å²) in [6, 6.07) is 7.50. The second-order valence-corrected chi connectivity index (χ2v) is 8.49. The number of fused-ring (bicyclic) bond motifs is 1. The maximum absolute atomic E-state index is 12.8. The summed E-state index contributed by atoms with van der Waals surface area (Å²) in [5.41, 5.74) is 3.70. The first-order chi connectivity index (χ1) is 16.0. The Labute approximate surface area is 193 Å². The normalized spacial score (nSPS) is 15.4. The number of likely N-dealkylation sites (tertiary alicyclic amines) is 1. The van der Waals surface area contributed by atoms with Crippen molar-refractivity contribution in [3.63, 3.8) is 0 Å². The lowest BCUT2D eigenvalue weighted by atomic mass is 9.95. The second-order valence-electron chi connectivity index (χ2n) is 8.49. The van der Waals surface area contributed by atoms with Gasteiger partial charge >= 0.3 is 0 Å². The lowest BCUT2D eigenvalue weighted by Gasteiger charge is -2.31. The number of anilines is 1. The van der Waals surface area contributed by atoms with Crippen LogP contribution in [0.15, 0.2) is 18.2 Å². The smallest absolute Gasteiger partial charge is 0.231 e. The molecule has 0 bridgehead atoms. The molecule has 0 radical (unpaired) electrons. The van der Waals surface area contributed by atoms with Crippen LogP contribution in [-0.4, -0.2) is 46.4 Å². The molecule has 2 aliphatic heterocycles. The summed E-state index contributed by atoms with van der Waals surface area (Å²) >= 11 is 0. The maximum Gasteiger partial charge on any atom is 0.231 e. The lowest BCUT2D eigenvalue weighted by Crippen LogP contribution is -2.41. The summed E-state index contributed by atoms with van der Waals surface area (Å²) < 4.78 is 12.5. The third-order valence-electron chi connectivity index (χ3n) is 6.41. The van der Waals surface area contributed by atoms with Crippen LogP contribution in [0.4, 0.5) is 5.69 Å². The van der Waals surface area contributed by atoms with E-state index in [1.165, 1.54) is 0 Å². The van der Waals surface area contributed by atoms with E-state index >= 15 is 0 Å². The molecule has 2 amide bonds. The zero-order valence-electron chi connectivity index (χ0n) is 19.1. The molecule has 3 heterocycles. The Morgan fingerprint density at radius 3 is 2.73 bits per heavy atom. The van der Waals surface area contributed by atoms with Crippen LogP contribution >= 0.6 is 0 Å². The van der Waals surface area contributed by atoms with Gasteiger partial charge in [0.1, 0.15) is 0 Å². The summed E-state index contributed by atoms with van der Waals surface area (Å²) in [4.78, 5) is 27.3. The second kappa shape index (κ2) is 9.94. The predicted molar refractivity (Wildman–Crippen MR) is 121 cm³/mol. The highest BCUT2D eigenvalue weighted by Gasteiger charge is 2.28. The number of piperidine rings is 1. The Balaban J connectivity index is 1.25. The number of nitriles is 1. The lowest BCUT2D eigenvalue weighted by molar-refractivity contribution is -0.134. The van der Waals surface area contributed by atoms with E-state index in [2.05, 4.69) is 16.5 Å². The minimum atomic E-state index is -0.123. The van der Waals surface area contributed by atoms with E-state index in [-0.39, 0.29) is 24.5 Å². The molecule has 0 atom stereocenters. The van der Waals surface area contributed by atoms with Gasteiger partial charge in [-0.1, -0.05) is 0 Å². The fraction of sp³-hybridized carbons (Fsp3) is 0.500. The summed E-state index contributed by atoms with van der Waals surface area (Å²) in [5.74, 6) is 1.27. The number of carbonyl (C=O) groups excluding carboxylic acids is 2. The van der Waals surface area contributed by atoms with E-state index in [1.54, 1.807) is 18.2 Å². The predicted octanol–water partition coefficient (Wildman–Crippen LogP) is 2.95. The first kappa shape index (κ1) is 22.6. The number of carbonyl (C=O) groups is 2. The number of amides is 2. The van der Waals surface area contributed by atoms with Gasteiger partial charge in [-0.15, -0.1) is 0 Å². The number of nitrogens with zero attached hydrogens (tertiary/aromatic N) is 4. The van der Waals surface area contributed by atoms with Crippen molar-refractivity contribution in [3.05, 3.63) is 35.2 Å². The molecule has 0 spiro atoms. The molecule has 9 nitrogen and oxygen atoms in total. The molecule has 0 aliphatic carbocycles. The highest BCUT2D eigenvalue weighted by Crippen LogP contribution is 2.34. The molecule has 4 rings (SSSR count). The van der Waals surface area contributed by atoms with Crippen molar-refractivity contribution >= 4 is 17.5 Å². The molecule has 33 heavy (non-hydrogen) atoms. The third-order valence-corrected chi connectivity index (χ3v) is 6.41. The van der Waals surface area contributed by atoms with E-state index < -0.39 is 0 Å². The fourth-order valence-electron chi connectivity index (χ4n) is 4.47. The highest BCUT2D eigenvalue weighted by atomic mass is 16.7. The number of hydrogen-bond donors (Lipinski definition) is 1. The van der Waals surface area contributed by atoms with E-state index in [9.17, 15) is 9.59 Å². The van der Waals surface area contributed by atoms with Crippen LogP contribution < -0.4 is 14.8 Å². The van der Waals surface area contributed by atoms with E-state index in [4.69, 9.17) is 14.7 Å². The maximum atomic E-state index is 12.8. The Morgan fingerprint density at radius 2 is 1.97 bits per heavy atom. The molecule has 1 fully saturated rings. The minimum absolute atomic E-state index is 0.0306. The first-order valence-electron chi connectivity index (χ1n) is 11.3. The third kappa shape index (κ3) is 5.11. The molecule has 0 saturated carbocycles. The number of aryl methyl sites for hydroxylation is 2. The van der Waals surface area contributed by atoms with E-state index in [1.807, 2.05) is 23.4 Å². The molecule has 9 heteroatoms. The van der Waals surface area contributed by atoms with E-state index in [0.717, 1.165) is 17.0 Å². The van der Waals surface area contributed by atoms with Crippen molar-refractivity contribution in [2.24, 2.45) is 5.92 Å². The Bertz CT molecular complexity index is 1080. The standard InChI is InChI=1S/C24H29N5O4/c1-16-20(17(2)29(27-16)11-3-10-25)5-7-23(30)28-12-8-18(9-13-28)24(31)26-19-4-6-21-22(14-19)33-15-32-21/h4,6,14,18H,3,5,7-9,11-13,15H2,1-2H3,(H,26,31). The minimum Gasteiger partial charge on any atom is -0.454 e. The first-order valence-corrected chi connectivity index (χ1v) is 11.3. The van der Waals surface area contributed by atoms with E-state index in [0.29, 0.717) is 68.9 Å². The average molecular weight is 452 g/mol. The molecule has 2 aliphatic rings. The summed E-state index contributed by atoms with van der Waals surface area (Å²) in [6.07, 6.45) is 2.75. The van der Waals surface area contributed by atoms with Crippen LogP contribution in [0.3, 0.4) is 0 Å². The number of rotatable bonds is 7. The van der Waals surface area contributed by atoms with Crippen LogP contribution in [-0.2, 0) is 22.6 Å². The van der Waals surface area contributed by atoms with Crippen molar-refractivity contribution in [2.45, 2.75) is 52.5 Å². The van der Waals surface area contributed by atoms with Crippen LogP contribution in [0, 0.1) is 31.1 Å². The number of nitrogens with one attached hydrogen (secondary N) is 1. The van der Waals surface area contributed by atoms with Crippen LogP contribution in [0.1, 0.15) is 42.6 Å². The largest absolute Gasteiger partial charge is 0.454 e. The summed E-state index contributed by atoms with van der Waals surface area (Å²) in [6.45, 7) is 5.86. The number of aromatic nitrogens is 2. The van der Waals surface area contributed by atoms with Crippen molar-refractivity contribution in [1.82, 2.24) is 14.7 Å². The van der Waals surface area contributed by atoms with Crippen molar-refractivity contribution in [1.29, 1.82) is 5.26 Å². The quantitative estimate of drug-likeness (QED) is 0.693. The number of hydrogen-bond acceptors (Lipinski definition) is 6. The van der Waals surface area contributed by atoms with Gasteiger partial charge in [-0.3, -0.25) is 14.3 Å². The highest BCUT2D eigenvalue weighted by molar-refractivity contribution is 5.93. The van der Waals surface area contributed by atoms with Gasteiger partial charge < -0.3 is 19.7 Å². The van der Waals surface area contributed by atoms with Crippen LogP contribution in [0.2, 0.25) is 0 Å². The van der Waals surface area contributed by atoms with Crippen LogP contribution in [0.5, 0.6) is 11.5 Å². The molecule has 1 N–H and O–H groups in total. The molecule has 1 aromatic heterocycles. The molecule has 174 valence electrons. The van der Waals surface area contributed by atoms with Gasteiger partial charge in [0.15, 0.2) is 11.5 Å². The van der Waals surface area contributed by atoms with Crippen molar-refractivity contribution in [2.75, 3.05) is 25.2 Å². The van der Waals surface area contributed by atoms with Gasteiger partial charge in [-0.25, -0.2) is 0 Å². The van der Waals surface area contributed by atoms with Gasteiger partial charge in [-0.05, 0) is 50.8 Å². The molecule has 0 unspecified atom stereocenters. The summed E-state index contributed by atoms with van der Waals surface area (Å²) in [5, 5.41) is 16.3. The Morgan fingerprint density at radius 1 is 1.21 bits per heavy atom.